The Morgan fingerprint density at radius 3 is 2.10 bits per heavy atom. The maximum atomic E-state index is 13.2. The van der Waals surface area contributed by atoms with Gasteiger partial charge in [0.1, 0.15) is 5.75 Å². The number of benzene rings is 2. The summed E-state index contributed by atoms with van der Waals surface area (Å²) in [6, 6.07) is 11.3. The number of hydrogen-bond acceptors (Lipinski definition) is 4. The molecule has 2 aromatic carbocycles. The van der Waals surface area contributed by atoms with Gasteiger partial charge in [-0.25, -0.2) is 8.42 Å². The van der Waals surface area contributed by atoms with Crippen LogP contribution >= 0.6 is 0 Å². The molecule has 1 amide bonds. The van der Waals surface area contributed by atoms with Gasteiger partial charge in [0.2, 0.25) is 10.0 Å². The van der Waals surface area contributed by atoms with E-state index in [-0.39, 0.29) is 25.6 Å². The van der Waals surface area contributed by atoms with Gasteiger partial charge in [0.25, 0.3) is 5.91 Å². The average Bonchev–Trinajstić information content (AvgIpc) is 2.66. The summed E-state index contributed by atoms with van der Waals surface area (Å²) in [7, 11) is -3.59. The molecular formula is C22H28N2O4S. The standard InChI is InChI=1S/C22H28N2O4S/c1-16-13-18(3)22(19(4)14-16)29(26,27)24-11-9-23(10-12-24)21(25)15-28-20-8-6-5-7-17(20)2/h5-8,13-14H,9-12,15H2,1-4H3. The quantitative estimate of drug-likeness (QED) is 0.752. The zero-order chi connectivity index (χ0) is 21.2. The molecule has 0 bridgehead atoms. The monoisotopic (exact) mass is 416 g/mol. The van der Waals surface area contributed by atoms with Crippen molar-refractivity contribution in [2.24, 2.45) is 0 Å². The number of carbonyl (C=O) groups excluding carboxylic acids is 1. The highest BCUT2D eigenvalue weighted by molar-refractivity contribution is 7.89. The minimum absolute atomic E-state index is 0.0478. The van der Waals surface area contributed by atoms with Gasteiger partial charge in [-0.3, -0.25) is 4.79 Å². The lowest BCUT2D eigenvalue weighted by atomic mass is 10.1. The molecule has 0 saturated carbocycles. The van der Waals surface area contributed by atoms with E-state index in [1.807, 2.05) is 64.1 Å². The van der Waals surface area contributed by atoms with Crippen LogP contribution in [0.25, 0.3) is 0 Å². The molecule has 0 unspecified atom stereocenters. The number of para-hydroxylation sites is 1. The van der Waals surface area contributed by atoms with E-state index in [4.69, 9.17) is 4.74 Å². The number of sulfonamides is 1. The van der Waals surface area contributed by atoms with Gasteiger partial charge < -0.3 is 9.64 Å². The number of piperazine rings is 1. The highest BCUT2D eigenvalue weighted by Gasteiger charge is 2.32. The van der Waals surface area contributed by atoms with Crippen LogP contribution in [0.5, 0.6) is 5.75 Å². The highest BCUT2D eigenvalue weighted by atomic mass is 32.2. The predicted octanol–water partition coefficient (Wildman–Crippen LogP) is 2.83. The number of nitrogens with zero attached hydrogens (tertiary/aromatic N) is 2. The van der Waals surface area contributed by atoms with E-state index >= 15 is 0 Å². The largest absolute Gasteiger partial charge is 0.484 e. The number of hydrogen-bond donors (Lipinski definition) is 0. The molecule has 0 N–H and O–H groups in total. The van der Waals surface area contributed by atoms with E-state index in [2.05, 4.69) is 0 Å². The zero-order valence-corrected chi connectivity index (χ0v) is 18.3. The van der Waals surface area contributed by atoms with E-state index in [1.54, 1.807) is 4.90 Å². The lowest BCUT2D eigenvalue weighted by Crippen LogP contribution is -2.51. The Morgan fingerprint density at radius 2 is 1.52 bits per heavy atom. The molecule has 1 fully saturated rings. The molecule has 0 aliphatic carbocycles. The average molecular weight is 417 g/mol. The van der Waals surface area contributed by atoms with Crippen molar-refractivity contribution in [2.45, 2.75) is 32.6 Å². The fourth-order valence-corrected chi connectivity index (χ4v) is 5.66. The second kappa shape index (κ2) is 8.55. The van der Waals surface area contributed by atoms with Gasteiger partial charge in [0.15, 0.2) is 6.61 Å². The van der Waals surface area contributed by atoms with Crippen molar-refractivity contribution in [3.8, 4) is 5.75 Å². The topological polar surface area (TPSA) is 66.9 Å². The number of rotatable bonds is 5. The molecule has 6 nitrogen and oxygen atoms in total. The minimum Gasteiger partial charge on any atom is -0.484 e. The van der Waals surface area contributed by atoms with Crippen LogP contribution in [0.15, 0.2) is 41.3 Å². The van der Waals surface area contributed by atoms with E-state index in [0.29, 0.717) is 23.7 Å². The fraction of sp³-hybridized carbons (Fsp3) is 0.409. The summed E-state index contributed by atoms with van der Waals surface area (Å²) in [6.45, 7) is 8.78. The van der Waals surface area contributed by atoms with Gasteiger partial charge in [-0.2, -0.15) is 4.31 Å². The first-order valence-electron chi connectivity index (χ1n) is 9.74. The third-order valence-corrected chi connectivity index (χ3v) is 7.44. The smallest absolute Gasteiger partial charge is 0.260 e. The summed E-state index contributed by atoms with van der Waals surface area (Å²) in [6.07, 6.45) is 0. The molecular weight excluding hydrogens is 388 g/mol. The van der Waals surface area contributed by atoms with Crippen molar-refractivity contribution in [1.29, 1.82) is 0 Å². The molecule has 7 heteroatoms. The molecule has 156 valence electrons. The maximum absolute atomic E-state index is 13.2. The Kier molecular flexibility index (Phi) is 6.29. The summed E-state index contributed by atoms with van der Waals surface area (Å²) in [5.74, 6) is 0.556. The molecule has 1 heterocycles. The lowest BCUT2D eigenvalue weighted by molar-refractivity contribution is -0.134. The van der Waals surface area contributed by atoms with Crippen LogP contribution in [0.3, 0.4) is 0 Å². The van der Waals surface area contributed by atoms with Crippen molar-refractivity contribution in [3.63, 3.8) is 0 Å². The van der Waals surface area contributed by atoms with E-state index in [0.717, 1.165) is 22.3 Å². The Bertz CT molecular complexity index is 986. The second-order valence-electron chi connectivity index (χ2n) is 7.57. The van der Waals surface area contributed by atoms with Crippen LogP contribution in [-0.4, -0.2) is 56.3 Å². The summed E-state index contributed by atoms with van der Waals surface area (Å²) in [5, 5.41) is 0. The molecule has 0 aromatic heterocycles. The van der Waals surface area contributed by atoms with Gasteiger partial charge in [-0.05, 0) is 50.5 Å². The summed E-state index contributed by atoms with van der Waals surface area (Å²) < 4.78 is 33.4. The van der Waals surface area contributed by atoms with Crippen LogP contribution in [0.4, 0.5) is 0 Å². The third kappa shape index (κ3) is 4.62. The van der Waals surface area contributed by atoms with Crippen molar-refractivity contribution in [3.05, 3.63) is 58.7 Å². The Hall–Kier alpha value is -2.38. The van der Waals surface area contributed by atoms with Gasteiger partial charge in [-0.15, -0.1) is 0 Å². The number of aryl methyl sites for hydroxylation is 4. The molecule has 1 aliphatic rings. The molecule has 29 heavy (non-hydrogen) atoms. The van der Waals surface area contributed by atoms with Crippen LogP contribution in [0, 0.1) is 27.7 Å². The zero-order valence-electron chi connectivity index (χ0n) is 17.4. The minimum atomic E-state index is -3.59. The number of carbonyl (C=O) groups is 1. The fourth-order valence-electron chi connectivity index (χ4n) is 3.83. The summed E-state index contributed by atoms with van der Waals surface area (Å²) >= 11 is 0. The van der Waals surface area contributed by atoms with Gasteiger partial charge >= 0.3 is 0 Å². The number of ether oxygens (including phenoxy) is 1. The van der Waals surface area contributed by atoms with Crippen LogP contribution in [-0.2, 0) is 14.8 Å². The Morgan fingerprint density at radius 1 is 0.931 bits per heavy atom. The first kappa shape index (κ1) is 21.3. The van der Waals surface area contributed by atoms with Gasteiger partial charge in [0, 0.05) is 26.2 Å². The van der Waals surface area contributed by atoms with Crippen LogP contribution < -0.4 is 4.74 Å². The van der Waals surface area contributed by atoms with Crippen molar-refractivity contribution in [2.75, 3.05) is 32.8 Å². The van der Waals surface area contributed by atoms with E-state index in [1.165, 1.54) is 4.31 Å². The number of amides is 1. The SMILES string of the molecule is Cc1cc(C)c(S(=O)(=O)N2CCN(C(=O)COc3ccccc3C)CC2)c(C)c1. The molecule has 0 spiro atoms. The van der Waals surface area contributed by atoms with Gasteiger partial charge in [-0.1, -0.05) is 35.9 Å². The molecule has 3 rings (SSSR count). The summed E-state index contributed by atoms with van der Waals surface area (Å²) in [4.78, 5) is 14.5. The molecule has 2 aromatic rings. The molecule has 0 radical (unpaired) electrons. The maximum Gasteiger partial charge on any atom is 0.260 e. The second-order valence-corrected chi connectivity index (χ2v) is 9.44. The highest BCUT2D eigenvalue weighted by Crippen LogP contribution is 2.26. The first-order valence-corrected chi connectivity index (χ1v) is 11.2. The predicted molar refractivity (Wildman–Crippen MR) is 113 cm³/mol. The molecule has 1 saturated heterocycles. The van der Waals surface area contributed by atoms with Gasteiger partial charge in [0.05, 0.1) is 4.90 Å². The molecule has 0 atom stereocenters. The normalized spacial score (nSPS) is 15.4. The Labute approximate surface area is 173 Å². The summed E-state index contributed by atoms with van der Waals surface area (Å²) in [5.41, 5.74) is 3.53. The first-order chi connectivity index (χ1) is 13.7. The van der Waals surface area contributed by atoms with E-state index in [9.17, 15) is 13.2 Å². The van der Waals surface area contributed by atoms with Crippen molar-refractivity contribution < 1.29 is 17.9 Å². The third-order valence-electron chi connectivity index (χ3n) is 5.24. The van der Waals surface area contributed by atoms with Crippen LogP contribution in [0.1, 0.15) is 22.3 Å². The van der Waals surface area contributed by atoms with Crippen molar-refractivity contribution in [1.82, 2.24) is 9.21 Å². The Balaban J connectivity index is 1.63. The molecule has 1 aliphatic heterocycles. The van der Waals surface area contributed by atoms with E-state index < -0.39 is 10.0 Å². The lowest BCUT2D eigenvalue weighted by Gasteiger charge is -2.34. The van der Waals surface area contributed by atoms with Crippen LogP contribution in [0.2, 0.25) is 0 Å². The van der Waals surface area contributed by atoms with Crippen molar-refractivity contribution >= 4 is 15.9 Å².